The Morgan fingerprint density at radius 3 is 2.09 bits per heavy atom. The summed E-state index contributed by atoms with van der Waals surface area (Å²) in [6.45, 7) is 0.305. The number of nitrogens with two attached hydrogens (primary N) is 1. The van der Waals surface area contributed by atoms with Crippen LogP contribution in [0.2, 0.25) is 0 Å². The normalized spacial score (nSPS) is 20.7. The molecule has 0 unspecified atom stereocenters. The Bertz CT molecular complexity index is 125. The molecule has 0 atom stereocenters. The van der Waals surface area contributed by atoms with Gasteiger partial charge in [-0.05, 0) is 0 Å². The van der Waals surface area contributed by atoms with Crippen LogP contribution in [0.1, 0.15) is 0 Å². The molecule has 68 valence electrons. The van der Waals surface area contributed by atoms with Gasteiger partial charge in [-0.3, -0.25) is 0 Å². The molecule has 1 rings (SSSR count). The highest BCUT2D eigenvalue weighted by Gasteiger charge is 2.37. The van der Waals surface area contributed by atoms with Crippen molar-refractivity contribution in [1.29, 1.82) is 0 Å². The third-order valence-corrected chi connectivity index (χ3v) is 1.11. The summed E-state index contributed by atoms with van der Waals surface area (Å²) in [6.07, 6.45) is -4.57. The summed E-state index contributed by atoms with van der Waals surface area (Å²) < 4.78 is 34.0. The maximum atomic E-state index is 11.3. The van der Waals surface area contributed by atoms with Gasteiger partial charge < -0.3 is 5.73 Å². The van der Waals surface area contributed by atoms with Crippen molar-refractivity contribution in [2.45, 2.75) is 12.4 Å². The minimum atomic E-state index is -4.57. The number of nitrogens with zero attached hydrogens (tertiary/aromatic N) is 1. The third-order valence-electron chi connectivity index (χ3n) is 1.11. The molecule has 0 spiro atoms. The predicted molar refractivity (Wildman–Crippen MR) is 33.9 cm³/mol. The maximum absolute atomic E-state index is 11.3. The summed E-state index contributed by atoms with van der Waals surface area (Å²) in [4.78, 5) is 3.50. The lowest BCUT2D eigenvalue weighted by Gasteiger charge is -2.35. The van der Waals surface area contributed by atoms with Crippen LogP contribution in [0.15, 0.2) is 0 Å². The number of hydroxylamine groups is 2. The van der Waals surface area contributed by atoms with Crippen LogP contribution in [0.4, 0.5) is 13.2 Å². The van der Waals surface area contributed by atoms with E-state index in [-0.39, 0.29) is 31.5 Å². The van der Waals surface area contributed by atoms with Crippen molar-refractivity contribution in [3.63, 3.8) is 0 Å². The van der Waals surface area contributed by atoms with Gasteiger partial charge in [-0.25, -0.2) is 4.84 Å². The molecular weight excluding hydrogens is 185 g/mol. The van der Waals surface area contributed by atoms with Crippen LogP contribution >= 0.6 is 12.4 Å². The molecule has 7 heteroatoms. The minimum Gasteiger partial charge on any atom is -0.325 e. The smallest absolute Gasteiger partial charge is 0.325 e. The molecule has 0 aromatic heterocycles. The molecule has 1 heterocycles. The molecular formula is C4H8ClF3N2O. The Morgan fingerprint density at radius 2 is 1.82 bits per heavy atom. The molecule has 1 saturated heterocycles. The fraction of sp³-hybridized carbons (Fsp3) is 1.00. The van der Waals surface area contributed by atoms with Crippen molar-refractivity contribution in [2.24, 2.45) is 5.73 Å². The van der Waals surface area contributed by atoms with Crippen LogP contribution in [0, 0.1) is 0 Å². The Morgan fingerprint density at radius 1 is 1.36 bits per heavy atom. The SMILES string of the molecule is Cl.NC1CN(OC(F)(F)F)C1. The molecule has 0 amide bonds. The first-order chi connectivity index (χ1) is 4.47. The molecule has 0 bridgehead atoms. The summed E-state index contributed by atoms with van der Waals surface area (Å²) in [5.41, 5.74) is 5.20. The highest BCUT2D eigenvalue weighted by molar-refractivity contribution is 5.85. The van der Waals surface area contributed by atoms with E-state index in [1.54, 1.807) is 0 Å². The van der Waals surface area contributed by atoms with Crippen molar-refractivity contribution in [3.05, 3.63) is 0 Å². The molecule has 1 aliphatic rings. The second-order valence-corrected chi connectivity index (χ2v) is 2.14. The van der Waals surface area contributed by atoms with Crippen molar-refractivity contribution >= 4 is 12.4 Å². The van der Waals surface area contributed by atoms with Gasteiger partial charge >= 0.3 is 6.36 Å². The van der Waals surface area contributed by atoms with Gasteiger partial charge in [0.05, 0.1) is 0 Å². The van der Waals surface area contributed by atoms with Gasteiger partial charge in [-0.2, -0.15) is 5.06 Å². The van der Waals surface area contributed by atoms with Crippen molar-refractivity contribution in [1.82, 2.24) is 5.06 Å². The number of alkyl halides is 3. The molecule has 0 saturated carbocycles. The summed E-state index contributed by atoms with van der Waals surface area (Å²) in [7, 11) is 0. The van der Waals surface area contributed by atoms with E-state index in [4.69, 9.17) is 5.73 Å². The van der Waals surface area contributed by atoms with Crippen molar-refractivity contribution in [3.8, 4) is 0 Å². The molecule has 11 heavy (non-hydrogen) atoms. The number of halogens is 4. The van der Waals surface area contributed by atoms with Gasteiger partial charge in [0.2, 0.25) is 0 Å². The number of rotatable bonds is 1. The second-order valence-electron chi connectivity index (χ2n) is 2.14. The van der Waals surface area contributed by atoms with Crippen molar-refractivity contribution in [2.75, 3.05) is 13.1 Å². The molecule has 1 aliphatic heterocycles. The van der Waals surface area contributed by atoms with E-state index in [0.29, 0.717) is 0 Å². The fourth-order valence-electron chi connectivity index (χ4n) is 0.691. The molecule has 0 aromatic rings. The Balaban J connectivity index is 0.000001000. The zero-order chi connectivity index (χ0) is 7.78. The monoisotopic (exact) mass is 192 g/mol. The van der Waals surface area contributed by atoms with E-state index >= 15 is 0 Å². The van der Waals surface area contributed by atoms with Crippen LogP contribution in [-0.4, -0.2) is 30.6 Å². The first kappa shape index (κ1) is 11.0. The lowest BCUT2D eigenvalue weighted by molar-refractivity contribution is -0.427. The quantitative estimate of drug-likeness (QED) is 0.658. The second kappa shape index (κ2) is 3.57. The summed E-state index contributed by atoms with van der Waals surface area (Å²) >= 11 is 0. The Kier molecular flexibility index (Phi) is 3.56. The Hall–Kier alpha value is -0.0400. The molecule has 0 radical (unpaired) electrons. The first-order valence-electron chi connectivity index (χ1n) is 2.74. The van der Waals surface area contributed by atoms with E-state index in [0.717, 1.165) is 5.06 Å². The first-order valence-corrected chi connectivity index (χ1v) is 2.74. The summed E-state index contributed by atoms with van der Waals surface area (Å²) in [6, 6.07) is -0.178. The van der Waals surface area contributed by atoms with Crippen LogP contribution in [0.25, 0.3) is 0 Å². The number of hydrogen-bond acceptors (Lipinski definition) is 3. The van der Waals surface area contributed by atoms with Gasteiger partial charge in [0.15, 0.2) is 0 Å². The van der Waals surface area contributed by atoms with Gasteiger partial charge in [0.25, 0.3) is 0 Å². The lowest BCUT2D eigenvalue weighted by Crippen LogP contribution is -2.56. The minimum absolute atomic E-state index is 0. The van der Waals surface area contributed by atoms with Crippen molar-refractivity contribution < 1.29 is 18.0 Å². The topological polar surface area (TPSA) is 38.5 Å². The fourth-order valence-corrected chi connectivity index (χ4v) is 0.691. The van der Waals surface area contributed by atoms with Crippen LogP contribution in [-0.2, 0) is 4.84 Å². The van der Waals surface area contributed by atoms with E-state index in [1.165, 1.54) is 0 Å². The predicted octanol–water partition coefficient (Wildman–Crippen LogP) is 0.503. The zero-order valence-corrected chi connectivity index (χ0v) is 6.28. The van der Waals surface area contributed by atoms with Gasteiger partial charge in [-0.1, -0.05) is 0 Å². The molecule has 1 fully saturated rings. The summed E-state index contributed by atoms with van der Waals surface area (Å²) in [5, 5.41) is 0.782. The molecule has 3 nitrogen and oxygen atoms in total. The van der Waals surface area contributed by atoms with Gasteiger partial charge in [0, 0.05) is 19.1 Å². The van der Waals surface area contributed by atoms with E-state index in [2.05, 4.69) is 4.84 Å². The van der Waals surface area contributed by atoms with Crippen LogP contribution in [0.5, 0.6) is 0 Å². The molecule has 0 aliphatic carbocycles. The number of hydrogen-bond donors (Lipinski definition) is 1. The lowest BCUT2D eigenvalue weighted by atomic mass is 10.2. The molecule has 2 N–H and O–H groups in total. The van der Waals surface area contributed by atoms with E-state index in [1.807, 2.05) is 0 Å². The van der Waals surface area contributed by atoms with Gasteiger partial charge in [-0.15, -0.1) is 25.6 Å². The Labute approximate surface area is 67.6 Å². The highest BCUT2D eigenvalue weighted by atomic mass is 35.5. The molecule has 0 aromatic carbocycles. The van der Waals surface area contributed by atoms with E-state index < -0.39 is 6.36 Å². The zero-order valence-electron chi connectivity index (χ0n) is 5.47. The third kappa shape index (κ3) is 3.76. The van der Waals surface area contributed by atoms with E-state index in [9.17, 15) is 13.2 Å². The summed E-state index contributed by atoms with van der Waals surface area (Å²) in [5.74, 6) is 0. The van der Waals surface area contributed by atoms with Gasteiger partial charge in [0.1, 0.15) is 0 Å². The largest absolute Gasteiger partial charge is 0.539 e. The van der Waals surface area contributed by atoms with Crippen LogP contribution < -0.4 is 5.73 Å². The maximum Gasteiger partial charge on any atom is 0.539 e. The average molecular weight is 193 g/mol. The van der Waals surface area contributed by atoms with Crippen LogP contribution in [0.3, 0.4) is 0 Å². The highest BCUT2D eigenvalue weighted by Crippen LogP contribution is 2.21. The standard InChI is InChI=1S/C4H7F3N2O.ClH/c5-4(6,7)10-9-1-3(8)2-9;/h3H,1-2,8H2;1H. The average Bonchev–Trinajstić information content (AvgIpc) is 1.57.